The number of hydrogen-bond acceptors (Lipinski definition) is 5. The van der Waals surface area contributed by atoms with Crippen LogP contribution in [0.1, 0.15) is 37.5 Å². The van der Waals surface area contributed by atoms with Crippen LogP contribution in [0.5, 0.6) is 0 Å². The van der Waals surface area contributed by atoms with Gasteiger partial charge in [-0.15, -0.1) is 11.3 Å². The second kappa shape index (κ2) is 8.27. The summed E-state index contributed by atoms with van der Waals surface area (Å²) in [6.07, 6.45) is 0.677. The van der Waals surface area contributed by atoms with Gasteiger partial charge in [-0.3, -0.25) is 4.79 Å². The zero-order chi connectivity index (χ0) is 22.2. The van der Waals surface area contributed by atoms with Gasteiger partial charge in [0.05, 0.1) is 10.5 Å². The minimum absolute atomic E-state index is 0.156. The second-order valence-electron chi connectivity index (χ2n) is 7.43. The Bertz CT molecular complexity index is 1300. The summed E-state index contributed by atoms with van der Waals surface area (Å²) in [6, 6.07) is 15.9. The van der Waals surface area contributed by atoms with Crippen LogP contribution in [0.15, 0.2) is 53.4 Å². The number of nitrogens with zero attached hydrogens (tertiary/aromatic N) is 2. The molecule has 4 rings (SSSR count). The molecule has 8 heteroatoms. The van der Waals surface area contributed by atoms with Crippen LogP contribution in [0.25, 0.3) is 0 Å². The molecule has 158 valence electrons. The molecular weight excluding hydrogens is 430 g/mol. The molecule has 6 nitrogen and oxygen atoms in total. The quantitative estimate of drug-likeness (QED) is 0.643. The van der Waals surface area contributed by atoms with E-state index in [2.05, 4.69) is 11.4 Å². The highest BCUT2D eigenvalue weighted by atomic mass is 32.2. The van der Waals surface area contributed by atoms with Crippen LogP contribution >= 0.6 is 11.3 Å². The van der Waals surface area contributed by atoms with Crippen molar-refractivity contribution in [3.8, 4) is 6.07 Å². The molecule has 0 unspecified atom stereocenters. The summed E-state index contributed by atoms with van der Waals surface area (Å²) in [4.78, 5) is 13.8. The average Bonchev–Trinajstić information content (AvgIpc) is 3.05. The van der Waals surface area contributed by atoms with Crippen LogP contribution in [0.2, 0.25) is 0 Å². The van der Waals surface area contributed by atoms with Crippen molar-refractivity contribution in [2.24, 2.45) is 0 Å². The number of carbonyl (C=O) groups excluding carboxylic acids is 1. The minimum Gasteiger partial charge on any atom is -0.312 e. The summed E-state index contributed by atoms with van der Waals surface area (Å²) in [5, 5.41) is 12.6. The Morgan fingerprint density at radius 3 is 2.45 bits per heavy atom. The summed E-state index contributed by atoms with van der Waals surface area (Å²) in [6.45, 7) is 4.51. The van der Waals surface area contributed by atoms with E-state index in [1.54, 1.807) is 0 Å². The third-order valence-corrected chi connectivity index (χ3v) is 8.56. The molecule has 0 saturated carbocycles. The molecule has 1 aliphatic rings. The SMILES string of the molecule is Cc1sc(NC(=O)c2ccc(S(=O)(=O)N3CCc4ccccc4C3)cc2)c(C#N)c1C. The van der Waals surface area contributed by atoms with Gasteiger partial charge in [0.1, 0.15) is 11.1 Å². The van der Waals surface area contributed by atoms with Gasteiger partial charge in [0.2, 0.25) is 10.0 Å². The number of anilines is 1. The molecule has 2 aromatic carbocycles. The number of nitriles is 1. The fraction of sp³-hybridized carbons (Fsp3) is 0.217. The van der Waals surface area contributed by atoms with Crippen LogP contribution in [0.4, 0.5) is 5.00 Å². The Balaban J connectivity index is 1.52. The van der Waals surface area contributed by atoms with Crippen molar-refractivity contribution >= 4 is 32.3 Å². The third-order valence-electron chi connectivity index (χ3n) is 5.57. The molecule has 2 heterocycles. The van der Waals surface area contributed by atoms with Crippen molar-refractivity contribution in [3.05, 3.63) is 81.2 Å². The van der Waals surface area contributed by atoms with Crippen molar-refractivity contribution in [2.75, 3.05) is 11.9 Å². The highest BCUT2D eigenvalue weighted by Gasteiger charge is 2.28. The predicted octanol–water partition coefficient (Wildman–Crippen LogP) is 4.24. The molecule has 31 heavy (non-hydrogen) atoms. The minimum atomic E-state index is -3.66. The molecule has 0 bridgehead atoms. The van der Waals surface area contributed by atoms with E-state index >= 15 is 0 Å². The maximum atomic E-state index is 13.1. The molecule has 0 aliphatic carbocycles. The summed E-state index contributed by atoms with van der Waals surface area (Å²) in [5.74, 6) is -0.381. The standard InChI is InChI=1S/C23H21N3O3S2/c1-15-16(2)30-23(21(15)13-24)25-22(27)18-7-9-20(10-8-18)31(28,29)26-12-11-17-5-3-4-6-19(17)14-26/h3-10H,11-12,14H2,1-2H3,(H,25,27). The van der Waals surface area contributed by atoms with Crippen LogP contribution in [-0.4, -0.2) is 25.2 Å². The van der Waals surface area contributed by atoms with Crippen LogP contribution in [0.3, 0.4) is 0 Å². The fourth-order valence-corrected chi connectivity index (χ4v) is 6.05. The van der Waals surface area contributed by atoms with Gasteiger partial charge in [-0.05, 0) is 61.2 Å². The first-order chi connectivity index (χ1) is 14.8. The molecule has 1 aromatic heterocycles. The fourth-order valence-electron chi connectivity index (χ4n) is 3.63. The van der Waals surface area contributed by atoms with Gasteiger partial charge >= 0.3 is 0 Å². The molecule has 0 atom stereocenters. The molecule has 0 saturated heterocycles. The molecular formula is C23H21N3O3S2. The van der Waals surface area contributed by atoms with Crippen LogP contribution in [0, 0.1) is 25.2 Å². The van der Waals surface area contributed by atoms with Gasteiger partial charge in [-0.2, -0.15) is 9.57 Å². The first-order valence-electron chi connectivity index (χ1n) is 9.79. The molecule has 0 radical (unpaired) electrons. The number of rotatable bonds is 4. The molecule has 1 N–H and O–H groups in total. The van der Waals surface area contributed by atoms with Crippen molar-refractivity contribution in [1.29, 1.82) is 5.26 Å². The molecule has 0 fully saturated rings. The highest BCUT2D eigenvalue weighted by molar-refractivity contribution is 7.89. The van der Waals surface area contributed by atoms with E-state index in [0.717, 1.165) is 16.0 Å². The van der Waals surface area contributed by atoms with Crippen molar-refractivity contribution in [3.63, 3.8) is 0 Å². The number of sulfonamides is 1. The summed E-state index contributed by atoms with van der Waals surface area (Å²) in [7, 11) is -3.66. The van der Waals surface area contributed by atoms with Gasteiger partial charge in [-0.1, -0.05) is 24.3 Å². The largest absolute Gasteiger partial charge is 0.312 e. The van der Waals surface area contributed by atoms with E-state index in [0.29, 0.717) is 35.6 Å². The van der Waals surface area contributed by atoms with Gasteiger partial charge < -0.3 is 5.32 Å². The van der Waals surface area contributed by atoms with E-state index < -0.39 is 10.0 Å². The van der Waals surface area contributed by atoms with E-state index in [4.69, 9.17) is 0 Å². The smallest absolute Gasteiger partial charge is 0.256 e. The summed E-state index contributed by atoms with van der Waals surface area (Å²) < 4.78 is 27.6. The summed E-state index contributed by atoms with van der Waals surface area (Å²) >= 11 is 1.35. The Labute approximate surface area is 185 Å². The maximum absolute atomic E-state index is 13.1. The van der Waals surface area contributed by atoms with Gasteiger partial charge in [-0.25, -0.2) is 8.42 Å². The van der Waals surface area contributed by atoms with E-state index in [1.165, 1.54) is 45.5 Å². The van der Waals surface area contributed by atoms with Crippen molar-refractivity contribution in [2.45, 2.75) is 31.7 Å². The monoisotopic (exact) mass is 451 g/mol. The van der Waals surface area contributed by atoms with Gasteiger partial charge in [0, 0.05) is 23.5 Å². The van der Waals surface area contributed by atoms with E-state index in [1.807, 2.05) is 38.1 Å². The number of benzene rings is 2. The first kappa shape index (κ1) is 21.2. The number of carbonyl (C=O) groups is 1. The zero-order valence-corrected chi connectivity index (χ0v) is 18.8. The normalized spacial score (nSPS) is 14.0. The lowest BCUT2D eigenvalue weighted by atomic mass is 10.0. The van der Waals surface area contributed by atoms with Gasteiger partial charge in [0.25, 0.3) is 5.91 Å². The molecule has 1 amide bonds. The lowest BCUT2D eigenvalue weighted by Gasteiger charge is -2.28. The maximum Gasteiger partial charge on any atom is 0.256 e. The van der Waals surface area contributed by atoms with Crippen molar-refractivity contribution in [1.82, 2.24) is 4.31 Å². The van der Waals surface area contributed by atoms with Gasteiger partial charge in [0.15, 0.2) is 0 Å². The summed E-state index contributed by atoms with van der Waals surface area (Å²) in [5.41, 5.74) is 3.84. The Morgan fingerprint density at radius 1 is 1.10 bits per heavy atom. The Hall–Kier alpha value is -2.99. The average molecular weight is 452 g/mol. The van der Waals surface area contributed by atoms with Crippen LogP contribution in [-0.2, 0) is 23.0 Å². The zero-order valence-electron chi connectivity index (χ0n) is 17.2. The lowest BCUT2D eigenvalue weighted by Crippen LogP contribution is -2.35. The predicted molar refractivity (Wildman–Crippen MR) is 121 cm³/mol. The van der Waals surface area contributed by atoms with E-state index in [-0.39, 0.29) is 10.8 Å². The number of aryl methyl sites for hydroxylation is 1. The number of fused-ring (bicyclic) bond motifs is 1. The number of amides is 1. The van der Waals surface area contributed by atoms with Crippen LogP contribution < -0.4 is 5.32 Å². The number of thiophene rings is 1. The first-order valence-corrected chi connectivity index (χ1v) is 12.1. The molecule has 1 aliphatic heterocycles. The molecule has 0 spiro atoms. The third kappa shape index (κ3) is 4.00. The topological polar surface area (TPSA) is 90.3 Å². The second-order valence-corrected chi connectivity index (χ2v) is 10.6. The lowest BCUT2D eigenvalue weighted by molar-refractivity contribution is 0.102. The highest BCUT2D eigenvalue weighted by Crippen LogP contribution is 2.32. The number of nitrogens with one attached hydrogen (secondary N) is 1. The Morgan fingerprint density at radius 2 is 1.77 bits per heavy atom. The van der Waals surface area contributed by atoms with Crippen molar-refractivity contribution < 1.29 is 13.2 Å². The Kier molecular flexibility index (Phi) is 5.67. The molecule has 3 aromatic rings. The van der Waals surface area contributed by atoms with E-state index in [9.17, 15) is 18.5 Å². The number of hydrogen-bond donors (Lipinski definition) is 1.